The van der Waals surface area contributed by atoms with E-state index in [0.29, 0.717) is 18.4 Å². The molecular formula is C17H19F3O6S. The van der Waals surface area contributed by atoms with Crippen molar-refractivity contribution in [3.8, 4) is 5.75 Å². The summed E-state index contributed by atoms with van der Waals surface area (Å²) in [6.07, 6.45) is 0.891. The zero-order chi connectivity index (χ0) is 20.5. The summed E-state index contributed by atoms with van der Waals surface area (Å²) in [7, 11) is -5.79. The second-order valence-corrected chi connectivity index (χ2v) is 7.78. The highest BCUT2D eigenvalue weighted by atomic mass is 32.2. The van der Waals surface area contributed by atoms with Crippen LogP contribution in [0.4, 0.5) is 13.2 Å². The Balaban J connectivity index is 2.30. The topological polar surface area (TPSA) is 86.7 Å². The third-order valence-electron chi connectivity index (χ3n) is 4.63. The van der Waals surface area contributed by atoms with Crippen molar-refractivity contribution >= 4 is 21.9 Å². The average Bonchev–Trinajstić information content (AvgIpc) is 2.56. The third kappa shape index (κ3) is 4.26. The third-order valence-corrected chi connectivity index (χ3v) is 5.61. The predicted molar refractivity (Wildman–Crippen MR) is 88.7 cm³/mol. The minimum Gasteiger partial charge on any atom is -0.466 e. The number of ether oxygens (including phenoxy) is 1. The Hall–Kier alpha value is -2.10. The number of hydrogen-bond donors (Lipinski definition) is 0. The first-order valence-corrected chi connectivity index (χ1v) is 9.70. The molecule has 1 unspecified atom stereocenters. The average molecular weight is 408 g/mol. The first kappa shape index (κ1) is 21.2. The summed E-state index contributed by atoms with van der Waals surface area (Å²) in [6.45, 7) is 3.62. The lowest BCUT2D eigenvalue weighted by atomic mass is 9.67. The van der Waals surface area contributed by atoms with Crippen LogP contribution in [0.5, 0.6) is 5.75 Å². The summed E-state index contributed by atoms with van der Waals surface area (Å²) in [4.78, 5) is 24.8. The molecule has 1 aliphatic rings. The van der Waals surface area contributed by atoms with Crippen molar-refractivity contribution in [1.82, 2.24) is 0 Å². The van der Waals surface area contributed by atoms with Gasteiger partial charge in [0.05, 0.1) is 13.0 Å². The first-order valence-electron chi connectivity index (χ1n) is 8.30. The van der Waals surface area contributed by atoms with E-state index < -0.39 is 32.8 Å². The van der Waals surface area contributed by atoms with Gasteiger partial charge >= 0.3 is 21.6 Å². The van der Waals surface area contributed by atoms with Crippen LogP contribution in [0.3, 0.4) is 0 Å². The molecule has 1 aliphatic carbocycles. The largest absolute Gasteiger partial charge is 0.534 e. The smallest absolute Gasteiger partial charge is 0.466 e. The van der Waals surface area contributed by atoms with E-state index >= 15 is 0 Å². The van der Waals surface area contributed by atoms with E-state index in [-0.39, 0.29) is 30.8 Å². The highest BCUT2D eigenvalue weighted by molar-refractivity contribution is 7.88. The summed E-state index contributed by atoms with van der Waals surface area (Å²) in [6, 6.07) is 3.34. The van der Waals surface area contributed by atoms with Crippen LogP contribution >= 0.6 is 0 Å². The molecule has 150 valence electrons. The molecule has 1 aromatic rings. The predicted octanol–water partition coefficient (Wildman–Crippen LogP) is 3.39. The van der Waals surface area contributed by atoms with Gasteiger partial charge in [0, 0.05) is 11.0 Å². The normalized spacial score (nSPS) is 20.1. The van der Waals surface area contributed by atoms with Crippen molar-refractivity contribution in [3.05, 3.63) is 29.3 Å². The zero-order valence-electron chi connectivity index (χ0n) is 14.8. The minimum absolute atomic E-state index is 0.0870. The number of halogens is 3. The van der Waals surface area contributed by atoms with Crippen LogP contribution in [0, 0.1) is 5.41 Å². The molecule has 1 atom stereocenters. The van der Waals surface area contributed by atoms with Gasteiger partial charge in [-0.2, -0.15) is 21.6 Å². The standard InChI is InChI=1S/C17H19F3O6S/c1-3-16(10-14(21)25-4-2)8-7-11-9-12(5-6-13(11)15(16)22)26-27(23,24)17(18,19)20/h5-6,9H,3-4,7-8,10H2,1-2H3. The van der Waals surface area contributed by atoms with Gasteiger partial charge in [-0.25, -0.2) is 0 Å². The van der Waals surface area contributed by atoms with Crippen LogP contribution in [0.1, 0.15) is 49.0 Å². The molecule has 27 heavy (non-hydrogen) atoms. The molecule has 0 spiro atoms. The number of alkyl halides is 3. The van der Waals surface area contributed by atoms with Gasteiger partial charge in [0.15, 0.2) is 5.78 Å². The summed E-state index contributed by atoms with van der Waals surface area (Å²) in [5.74, 6) is -1.33. The van der Waals surface area contributed by atoms with Gasteiger partial charge in [0.25, 0.3) is 0 Å². The number of Topliss-reactive ketones (excluding diaryl/α,β-unsaturated/α-hetero) is 1. The van der Waals surface area contributed by atoms with E-state index in [1.165, 1.54) is 6.07 Å². The van der Waals surface area contributed by atoms with Gasteiger partial charge in [-0.3, -0.25) is 9.59 Å². The van der Waals surface area contributed by atoms with Gasteiger partial charge < -0.3 is 8.92 Å². The van der Waals surface area contributed by atoms with Crippen molar-refractivity contribution in [2.75, 3.05) is 6.61 Å². The Morgan fingerprint density at radius 3 is 2.48 bits per heavy atom. The number of esters is 1. The molecule has 0 fully saturated rings. The molecule has 1 aromatic carbocycles. The van der Waals surface area contributed by atoms with E-state index in [2.05, 4.69) is 4.18 Å². The summed E-state index contributed by atoms with van der Waals surface area (Å²) < 4.78 is 68.6. The van der Waals surface area contributed by atoms with Gasteiger partial charge in [-0.05, 0) is 49.9 Å². The number of fused-ring (bicyclic) bond motifs is 1. The molecule has 0 heterocycles. The summed E-state index contributed by atoms with van der Waals surface area (Å²) >= 11 is 0. The minimum atomic E-state index is -5.79. The maximum Gasteiger partial charge on any atom is 0.534 e. The monoisotopic (exact) mass is 408 g/mol. The Kier molecular flexibility index (Phi) is 5.88. The van der Waals surface area contributed by atoms with E-state index in [1.54, 1.807) is 13.8 Å². The highest BCUT2D eigenvalue weighted by Gasteiger charge is 2.49. The number of rotatable bonds is 6. The summed E-state index contributed by atoms with van der Waals surface area (Å²) in [5, 5.41) is 0. The Morgan fingerprint density at radius 2 is 1.93 bits per heavy atom. The van der Waals surface area contributed by atoms with E-state index in [1.807, 2.05) is 0 Å². The lowest BCUT2D eigenvalue weighted by Crippen LogP contribution is -2.38. The number of aryl methyl sites for hydroxylation is 1. The van der Waals surface area contributed by atoms with Crippen LogP contribution in [0.2, 0.25) is 0 Å². The lowest BCUT2D eigenvalue weighted by molar-refractivity contribution is -0.145. The molecule has 0 amide bonds. The lowest BCUT2D eigenvalue weighted by Gasteiger charge is -2.35. The van der Waals surface area contributed by atoms with Crippen LogP contribution in [0.25, 0.3) is 0 Å². The van der Waals surface area contributed by atoms with Gasteiger partial charge in [0.1, 0.15) is 5.75 Å². The van der Waals surface area contributed by atoms with Crippen molar-refractivity contribution in [3.63, 3.8) is 0 Å². The Morgan fingerprint density at radius 1 is 1.26 bits per heavy atom. The molecular weight excluding hydrogens is 389 g/mol. The summed E-state index contributed by atoms with van der Waals surface area (Å²) in [5.41, 5.74) is -5.87. The SMILES string of the molecule is CCOC(=O)CC1(CC)CCc2cc(OS(=O)(=O)C(F)(F)F)ccc2C1=O. The number of benzene rings is 1. The molecule has 2 rings (SSSR count). The maximum atomic E-state index is 12.9. The number of carbonyl (C=O) groups is 2. The molecule has 10 heteroatoms. The molecule has 0 radical (unpaired) electrons. The maximum absolute atomic E-state index is 12.9. The molecule has 0 aliphatic heterocycles. The van der Waals surface area contributed by atoms with Gasteiger partial charge in [0.2, 0.25) is 0 Å². The van der Waals surface area contributed by atoms with Crippen LogP contribution < -0.4 is 4.18 Å². The molecule has 0 N–H and O–H groups in total. The molecule has 6 nitrogen and oxygen atoms in total. The van der Waals surface area contributed by atoms with Crippen molar-refractivity contribution in [1.29, 1.82) is 0 Å². The Bertz CT molecular complexity index is 847. The van der Waals surface area contributed by atoms with E-state index in [9.17, 15) is 31.2 Å². The number of ketones is 1. The first-order chi connectivity index (χ1) is 12.5. The van der Waals surface area contributed by atoms with Crippen LogP contribution in [-0.4, -0.2) is 32.3 Å². The zero-order valence-corrected chi connectivity index (χ0v) is 15.6. The molecule has 0 bridgehead atoms. The van der Waals surface area contributed by atoms with Gasteiger partial charge in [-0.1, -0.05) is 6.92 Å². The van der Waals surface area contributed by atoms with Crippen molar-refractivity contribution < 1.29 is 40.1 Å². The molecule has 0 saturated heterocycles. The fourth-order valence-corrected chi connectivity index (χ4v) is 3.57. The van der Waals surface area contributed by atoms with Crippen LogP contribution in [-0.2, 0) is 26.1 Å². The fourth-order valence-electron chi connectivity index (χ4n) is 3.12. The second-order valence-electron chi connectivity index (χ2n) is 6.25. The number of hydrogen-bond acceptors (Lipinski definition) is 6. The van der Waals surface area contributed by atoms with E-state index in [0.717, 1.165) is 12.1 Å². The van der Waals surface area contributed by atoms with E-state index in [4.69, 9.17) is 4.74 Å². The second kappa shape index (κ2) is 7.49. The Labute approximate surface area is 154 Å². The van der Waals surface area contributed by atoms with Crippen molar-refractivity contribution in [2.24, 2.45) is 5.41 Å². The fraction of sp³-hybridized carbons (Fsp3) is 0.529. The molecule has 0 aromatic heterocycles. The number of carbonyl (C=O) groups excluding carboxylic acids is 2. The van der Waals surface area contributed by atoms with Gasteiger partial charge in [-0.15, -0.1) is 0 Å². The highest BCUT2D eigenvalue weighted by Crippen LogP contribution is 2.42. The molecule has 0 saturated carbocycles. The quantitative estimate of drug-likeness (QED) is 0.407. The van der Waals surface area contributed by atoms with Crippen molar-refractivity contribution in [2.45, 2.75) is 45.0 Å². The van der Waals surface area contributed by atoms with Crippen LogP contribution in [0.15, 0.2) is 18.2 Å².